The summed E-state index contributed by atoms with van der Waals surface area (Å²) >= 11 is 0. The number of carbonyl (C=O) groups excluding carboxylic acids is 2. The highest BCUT2D eigenvalue weighted by Gasteiger charge is 2.22. The molecule has 2 unspecified atom stereocenters. The maximum Gasteiger partial charge on any atom is 0.307 e. The Morgan fingerprint density at radius 1 is 1.57 bits per heavy atom. The van der Waals surface area contributed by atoms with Gasteiger partial charge in [0.25, 0.3) is 0 Å². The van der Waals surface area contributed by atoms with E-state index in [1.165, 1.54) is 0 Å². The maximum atomic E-state index is 10.8. The van der Waals surface area contributed by atoms with E-state index in [9.17, 15) is 9.59 Å². The van der Waals surface area contributed by atoms with Gasteiger partial charge in [0.05, 0.1) is 6.61 Å². The Bertz CT molecular complexity index is 206. The van der Waals surface area contributed by atoms with Crippen LogP contribution in [0.1, 0.15) is 13.3 Å². The molecule has 0 heterocycles. The van der Waals surface area contributed by atoms with Gasteiger partial charge in [-0.3, -0.25) is 9.59 Å². The van der Waals surface area contributed by atoms with Gasteiger partial charge in [0.1, 0.15) is 6.10 Å². The number of rotatable bonds is 5. The number of nitrogens with one attached hydrogen (secondary N) is 1. The first-order valence-electron chi connectivity index (χ1n) is 4.12. The molecule has 81 valence electrons. The van der Waals surface area contributed by atoms with Crippen LogP contribution >= 0.6 is 0 Å². The summed E-state index contributed by atoms with van der Waals surface area (Å²) < 4.78 is 4.64. The summed E-state index contributed by atoms with van der Waals surface area (Å²) in [6.45, 7) is 3.94. The molecule has 0 aromatic rings. The molecule has 0 rings (SSSR count). The maximum absolute atomic E-state index is 10.8. The molecule has 0 saturated heterocycles. The quantitative estimate of drug-likeness (QED) is 0.377. The van der Waals surface area contributed by atoms with E-state index in [1.54, 1.807) is 6.92 Å². The van der Waals surface area contributed by atoms with E-state index in [4.69, 9.17) is 10.2 Å². The Kier molecular flexibility index (Phi) is 5.82. The predicted molar refractivity (Wildman–Crippen MR) is 46.8 cm³/mol. The zero-order chi connectivity index (χ0) is 11.1. The summed E-state index contributed by atoms with van der Waals surface area (Å²) in [4.78, 5) is 21.4. The van der Waals surface area contributed by atoms with Gasteiger partial charge in [-0.25, -0.2) is 0 Å². The Hall–Kier alpha value is -1.14. The van der Waals surface area contributed by atoms with Gasteiger partial charge in [-0.2, -0.15) is 0 Å². The summed E-state index contributed by atoms with van der Waals surface area (Å²) in [7, 11) is 0. The van der Waals surface area contributed by atoms with Crippen LogP contribution in [-0.2, 0) is 14.3 Å². The van der Waals surface area contributed by atoms with Gasteiger partial charge in [0, 0.05) is 13.3 Å². The van der Waals surface area contributed by atoms with Gasteiger partial charge in [-0.05, 0) is 0 Å². The van der Waals surface area contributed by atoms with E-state index in [0.29, 0.717) is 0 Å². The molecule has 0 aromatic heterocycles. The first kappa shape index (κ1) is 12.9. The Balaban J connectivity index is 4.23. The molecule has 0 saturated carbocycles. The van der Waals surface area contributed by atoms with Crippen molar-refractivity contribution in [3.8, 4) is 0 Å². The molecule has 3 N–H and O–H groups in total. The van der Waals surface area contributed by atoms with Crippen LogP contribution in [0.2, 0.25) is 0 Å². The van der Waals surface area contributed by atoms with Crippen molar-refractivity contribution >= 4 is 11.9 Å². The van der Waals surface area contributed by atoms with Gasteiger partial charge in [0.2, 0.25) is 12.1 Å². The monoisotopic (exact) mass is 204 g/mol. The molecule has 6 nitrogen and oxygen atoms in total. The molecule has 0 aliphatic heterocycles. The lowest BCUT2D eigenvalue weighted by molar-refractivity contribution is -0.160. The van der Waals surface area contributed by atoms with E-state index >= 15 is 0 Å². The lowest BCUT2D eigenvalue weighted by Crippen LogP contribution is -2.47. The van der Waals surface area contributed by atoms with Crippen molar-refractivity contribution in [1.29, 1.82) is 0 Å². The van der Waals surface area contributed by atoms with Crippen molar-refractivity contribution in [2.24, 2.45) is 0 Å². The molecule has 0 aliphatic carbocycles. The smallest absolute Gasteiger partial charge is 0.307 e. The van der Waals surface area contributed by atoms with E-state index < -0.39 is 30.8 Å². The van der Waals surface area contributed by atoms with Gasteiger partial charge in [-0.15, -0.1) is 0 Å². The van der Waals surface area contributed by atoms with Crippen LogP contribution in [0, 0.1) is 6.92 Å². The molecule has 1 amide bonds. The standard InChI is InChI=1S/C8H14NO5/c1-3-7(13)14-8(6(12)4-10)9-5(2)11/h6,8,10,12H,2-4H2,1H3,(H,9,11). The fourth-order valence-corrected chi connectivity index (χ4v) is 0.684. The summed E-state index contributed by atoms with van der Waals surface area (Å²) in [5, 5.41) is 19.8. The normalized spacial score (nSPS) is 14.3. The van der Waals surface area contributed by atoms with Crippen molar-refractivity contribution in [1.82, 2.24) is 5.32 Å². The highest BCUT2D eigenvalue weighted by atomic mass is 16.6. The molecule has 0 aromatic carbocycles. The third-order valence-corrected chi connectivity index (χ3v) is 1.39. The fraction of sp³-hybridized carbons (Fsp3) is 0.625. The minimum atomic E-state index is -1.35. The van der Waals surface area contributed by atoms with Gasteiger partial charge in [0.15, 0.2) is 0 Å². The lowest BCUT2D eigenvalue weighted by atomic mass is 10.3. The van der Waals surface area contributed by atoms with E-state index in [0.717, 1.165) is 0 Å². The van der Waals surface area contributed by atoms with E-state index in [-0.39, 0.29) is 6.42 Å². The average molecular weight is 204 g/mol. The summed E-state index contributed by atoms with van der Waals surface area (Å²) in [6, 6.07) is 0. The minimum absolute atomic E-state index is 0.113. The Morgan fingerprint density at radius 3 is 2.50 bits per heavy atom. The number of hydrogen-bond donors (Lipinski definition) is 3. The number of esters is 1. The molecule has 0 aliphatic rings. The Labute approximate surface area is 81.9 Å². The molecule has 0 spiro atoms. The van der Waals surface area contributed by atoms with Crippen molar-refractivity contribution < 1.29 is 24.5 Å². The number of aliphatic hydroxyl groups is 2. The molecule has 2 atom stereocenters. The zero-order valence-corrected chi connectivity index (χ0v) is 7.90. The second-order valence-corrected chi connectivity index (χ2v) is 2.58. The lowest BCUT2D eigenvalue weighted by Gasteiger charge is -2.21. The number of amides is 1. The molecule has 0 bridgehead atoms. The third kappa shape index (κ3) is 4.78. The summed E-state index contributed by atoms with van der Waals surface area (Å²) in [5.41, 5.74) is 0. The van der Waals surface area contributed by atoms with Crippen LogP contribution in [-0.4, -0.2) is 41.0 Å². The minimum Gasteiger partial charge on any atom is -0.439 e. The van der Waals surface area contributed by atoms with Crippen molar-refractivity contribution in [2.45, 2.75) is 25.7 Å². The van der Waals surface area contributed by atoms with Crippen LogP contribution in [0.3, 0.4) is 0 Å². The first-order valence-corrected chi connectivity index (χ1v) is 4.12. The van der Waals surface area contributed by atoms with Crippen molar-refractivity contribution in [3.63, 3.8) is 0 Å². The SMILES string of the molecule is [CH2]C(=O)NC(OC(=O)CC)C(O)CO. The largest absolute Gasteiger partial charge is 0.439 e. The van der Waals surface area contributed by atoms with Crippen LogP contribution < -0.4 is 5.32 Å². The second kappa shape index (κ2) is 6.33. The van der Waals surface area contributed by atoms with Crippen LogP contribution in [0.15, 0.2) is 0 Å². The zero-order valence-electron chi connectivity index (χ0n) is 7.90. The van der Waals surface area contributed by atoms with Crippen LogP contribution in [0.25, 0.3) is 0 Å². The van der Waals surface area contributed by atoms with Crippen LogP contribution in [0.4, 0.5) is 0 Å². The van der Waals surface area contributed by atoms with Gasteiger partial charge in [-0.1, -0.05) is 6.92 Å². The average Bonchev–Trinajstić information content (AvgIpc) is 2.14. The molecular formula is C8H14NO5. The number of carbonyl (C=O) groups is 2. The fourth-order valence-electron chi connectivity index (χ4n) is 0.684. The molecular weight excluding hydrogens is 190 g/mol. The van der Waals surface area contributed by atoms with Crippen molar-refractivity contribution in [2.75, 3.05) is 6.61 Å². The molecule has 0 fully saturated rings. The molecule has 6 heteroatoms. The number of aliphatic hydroxyl groups excluding tert-OH is 2. The summed E-state index contributed by atoms with van der Waals surface area (Å²) in [5.74, 6) is -1.29. The second-order valence-electron chi connectivity index (χ2n) is 2.58. The van der Waals surface area contributed by atoms with Crippen LogP contribution in [0.5, 0.6) is 0 Å². The topological polar surface area (TPSA) is 95.9 Å². The van der Waals surface area contributed by atoms with E-state index in [2.05, 4.69) is 17.0 Å². The molecule has 14 heavy (non-hydrogen) atoms. The Morgan fingerprint density at radius 2 is 2.14 bits per heavy atom. The van der Waals surface area contributed by atoms with Gasteiger partial charge >= 0.3 is 5.97 Å². The summed E-state index contributed by atoms with van der Waals surface area (Å²) in [6.07, 6.45) is -2.49. The number of hydrogen-bond acceptors (Lipinski definition) is 5. The number of ether oxygens (including phenoxy) is 1. The van der Waals surface area contributed by atoms with Crippen molar-refractivity contribution in [3.05, 3.63) is 6.92 Å². The van der Waals surface area contributed by atoms with Gasteiger partial charge < -0.3 is 20.3 Å². The first-order chi connectivity index (χ1) is 6.51. The predicted octanol–water partition coefficient (Wildman–Crippen LogP) is -1.43. The third-order valence-electron chi connectivity index (χ3n) is 1.39. The highest BCUT2D eigenvalue weighted by molar-refractivity contribution is 5.80. The highest BCUT2D eigenvalue weighted by Crippen LogP contribution is 1.98. The molecule has 1 radical (unpaired) electrons. The van der Waals surface area contributed by atoms with E-state index in [1.807, 2.05) is 0 Å².